The van der Waals surface area contributed by atoms with E-state index in [1.165, 1.54) is 31.2 Å². The molecule has 1 heterocycles. The first kappa shape index (κ1) is 13.8. The number of halogens is 1. The van der Waals surface area contributed by atoms with Gasteiger partial charge in [-0.1, -0.05) is 12.1 Å². The lowest BCUT2D eigenvalue weighted by Crippen LogP contribution is -2.24. The zero-order chi connectivity index (χ0) is 14.7. The fraction of sp³-hybridized carbons (Fsp3) is 0.143. The maximum Gasteiger partial charge on any atom is 0.291 e. The van der Waals surface area contributed by atoms with Crippen LogP contribution in [0.1, 0.15) is 21.9 Å². The summed E-state index contributed by atoms with van der Waals surface area (Å²) >= 11 is 0. The van der Waals surface area contributed by atoms with Crippen LogP contribution in [0.2, 0.25) is 0 Å². The van der Waals surface area contributed by atoms with Crippen molar-refractivity contribution in [3.8, 4) is 5.75 Å². The van der Waals surface area contributed by atoms with Gasteiger partial charge in [0, 0.05) is 12.6 Å². The van der Waals surface area contributed by atoms with Crippen molar-refractivity contribution in [3.63, 3.8) is 0 Å². The smallest absolute Gasteiger partial charge is 0.291 e. The lowest BCUT2D eigenvalue weighted by atomic mass is 10.2. The normalized spacial score (nSPS) is 10.3. The number of hydrogen-bond donors (Lipinski definition) is 2. The highest BCUT2D eigenvalue weighted by Gasteiger charge is 2.17. The summed E-state index contributed by atoms with van der Waals surface area (Å²) in [7, 11) is 0. The summed E-state index contributed by atoms with van der Waals surface area (Å²) in [6.07, 6.45) is 0. The number of amides is 1. The fourth-order valence-corrected chi connectivity index (χ4v) is 1.62. The molecule has 1 aromatic carbocycles. The van der Waals surface area contributed by atoms with E-state index in [4.69, 9.17) is 4.42 Å². The topological polar surface area (TPSA) is 79.5 Å². The van der Waals surface area contributed by atoms with Gasteiger partial charge in [-0.15, -0.1) is 0 Å². The van der Waals surface area contributed by atoms with Crippen molar-refractivity contribution >= 4 is 5.91 Å². The molecule has 0 aliphatic heterocycles. The van der Waals surface area contributed by atoms with E-state index in [0.717, 1.165) is 6.07 Å². The van der Waals surface area contributed by atoms with Gasteiger partial charge in [-0.2, -0.15) is 0 Å². The van der Waals surface area contributed by atoms with Crippen LogP contribution in [-0.2, 0) is 6.54 Å². The third kappa shape index (κ3) is 3.03. The predicted octanol–water partition coefficient (Wildman–Crippen LogP) is 1.72. The first-order valence-electron chi connectivity index (χ1n) is 5.83. The molecule has 1 amide bonds. The Balaban J connectivity index is 2.13. The van der Waals surface area contributed by atoms with Crippen LogP contribution in [0.25, 0.3) is 0 Å². The van der Waals surface area contributed by atoms with E-state index in [2.05, 4.69) is 5.32 Å². The van der Waals surface area contributed by atoms with Crippen molar-refractivity contribution in [2.75, 3.05) is 0 Å². The van der Waals surface area contributed by atoms with E-state index in [0.29, 0.717) is 5.56 Å². The molecule has 1 aromatic heterocycles. The van der Waals surface area contributed by atoms with Crippen molar-refractivity contribution in [3.05, 3.63) is 63.5 Å². The fourth-order valence-electron chi connectivity index (χ4n) is 1.62. The van der Waals surface area contributed by atoms with Crippen LogP contribution in [0.4, 0.5) is 4.39 Å². The molecule has 0 saturated carbocycles. The van der Waals surface area contributed by atoms with Crippen LogP contribution in [0, 0.1) is 12.7 Å². The monoisotopic (exact) mass is 277 g/mol. The molecule has 104 valence electrons. The van der Waals surface area contributed by atoms with Crippen molar-refractivity contribution in [1.29, 1.82) is 0 Å². The molecule has 20 heavy (non-hydrogen) atoms. The molecule has 0 aliphatic carbocycles. The van der Waals surface area contributed by atoms with E-state index in [-0.39, 0.29) is 18.1 Å². The Morgan fingerprint density at radius 2 is 2.00 bits per heavy atom. The second-order valence-corrected chi connectivity index (χ2v) is 4.21. The lowest BCUT2D eigenvalue weighted by molar-refractivity contribution is 0.0913. The number of nitrogens with one attached hydrogen (secondary N) is 1. The highest BCUT2D eigenvalue weighted by molar-refractivity contribution is 5.93. The third-order valence-corrected chi connectivity index (χ3v) is 2.62. The minimum Gasteiger partial charge on any atom is -0.501 e. The Labute approximate surface area is 113 Å². The number of aryl methyl sites for hydroxylation is 1. The first-order valence-corrected chi connectivity index (χ1v) is 5.83. The largest absolute Gasteiger partial charge is 0.501 e. The number of rotatable bonds is 3. The molecule has 0 atom stereocenters. The SMILES string of the molecule is Cc1cc(=O)c(O)c(C(=O)NCc2ccc(F)cc2)o1. The van der Waals surface area contributed by atoms with Crippen molar-refractivity contribution < 1.29 is 18.7 Å². The summed E-state index contributed by atoms with van der Waals surface area (Å²) in [5, 5.41) is 12.0. The van der Waals surface area contributed by atoms with Gasteiger partial charge in [-0.05, 0) is 24.6 Å². The minimum atomic E-state index is -0.729. The second-order valence-electron chi connectivity index (χ2n) is 4.21. The highest BCUT2D eigenvalue weighted by Crippen LogP contribution is 2.13. The average Bonchev–Trinajstić information content (AvgIpc) is 2.42. The lowest BCUT2D eigenvalue weighted by Gasteiger charge is -2.06. The molecule has 0 fully saturated rings. The molecular weight excluding hydrogens is 265 g/mol. The number of carbonyl (C=O) groups is 1. The van der Waals surface area contributed by atoms with E-state index in [1.54, 1.807) is 0 Å². The average molecular weight is 277 g/mol. The van der Waals surface area contributed by atoms with E-state index < -0.39 is 22.8 Å². The molecule has 0 aliphatic rings. The second kappa shape index (κ2) is 5.56. The maximum absolute atomic E-state index is 12.7. The number of hydrogen-bond acceptors (Lipinski definition) is 4. The molecule has 0 saturated heterocycles. The summed E-state index contributed by atoms with van der Waals surface area (Å²) < 4.78 is 17.8. The van der Waals surface area contributed by atoms with Crippen molar-refractivity contribution in [2.24, 2.45) is 0 Å². The van der Waals surface area contributed by atoms with Gasteiger partial charge in [0.2, 0.25) is 16.9 Å². The highest BCUT2D eigenvalue weighted by atomic mass is 19.1. The zero-order valence-corrected chi connectivity index (χ0v) is 10.6. The van der Waals surface area contributed by atoms with Crippen molar-refractivity contribution in [1.82, 2.24) is 5.32 Å². The van der Waals surface area contributed by atoms with Crippen molar-refractivity contribution in [2.45, 2.75) is 13.5 Å². The Kier molecular flexibility index (Phi) is 3.84. The van der Waals surface area contributed by atoms with Crippen LogP contribution in [0.3, 0.4) is 0 Å². The zero-order valence-electron chi connectivity index (χ0n) is 10.6. The van der Waals surface area contributed by atoms with E-state index in [1.807, 2.05) is 0 Å². The molecule has 2 rings (SSSR count). The van der Waals surface area contributed by atoms with Crippen LogP contribution in [0.5, 0.6) is 5.75 Å². The minimum absolute atomic E-state index is 0.121. The third-order valence-electron chi connectivity index (χ3n) is 2.62. The quantitative estimate of drug-likeness (QED) is 0.895. The Bertz CT molecular complexity index is 691. The molecule has 0 radical (unpaired) electrons. The Hall–Kier alpha value is -2.63. The van der Waals surface area contributed by atoms with E-state index in [9.17, 15) is 19.1 Å². The Morgan fingerprint density at radius 3 is 2.65 bits per heavy atom. The number of benzene rings is 1. The summed E-state index contributed by atoms with van der Waals surface area (Å²) in [5.41, 5.74) is -0.00470. The first-order chi connectivity index (χ1) is 9.47. The van der Waals surface area contributed by atoms with Crippen LogP contribution in [0.15, 0.2) is 39.5 Å². The molecule has 0 bridgehead atoms. The molecule has 2 aromatic rings. The predicted molar refractivity (Wildman–Crippen MR) is 69.0 cm³/mol. The van der Waals surface area contributed by atoms with E-state index >= 15 is 0 Å². The number of aromatic hydroxyl groups is 1. The molecule has 0 unspecified atom stereocenters. The van der Waals surface area contributed by atoms with Crippen LogP contribution >= 0.6 is 0 Å². The molecule has 6 heteroatoms. The van der Waals surface area contributed by atoms with Gasteiger partial charge in [0.1, 0.15) is 11.6 Å². The van der Waals surface area contributed by atoms with Gasteiger partial charge in [0.15, 0.2) is 0 Å². The van der Waals surface area contributed by atoms with Gasteiger partial charge in [-0.3, -0.25) is 9.59 Å². The van der Waals surface area contributed by atoms with Gasteiger partial charge < -0.3 is 14.8 Å². The van der Waals surface area contributed by atoms with Gasteiger partial charge in [0.25, 0.3) is 5.91 Å². The summed E-state index contributed by atoms with van der Waals surface area (Å²) in [6.45, 7) is 1.62. The Morgan fingerprint density at radius 1 is 1.35 bits per heavy atom. The standard InChI is InChI=1S/C14H12FNO4/c1-8-6-11(17)12(18)13(20-8)14(19)16-7-9-2-4-10(15)5-3-9/h2-6,18H,7H2,1H3,(H,16,19). The summed E-state index contributed by atoms with van der Waals surface area (Å²) in [6, 6.07) is 6.66. The van der Waals surface area contributed by atoms with Gasteiger partial charge in [-0.25, -0.2) is 4.39 Å². The number of carbonyl (C=O) groups excluding carboxylic acids is 1. The summed E-state index contributed by atoms with van der Waals surface area (Å²) in [5.74, 6) is -2.03. The van der Waals surface area contributed by atoms with Gasteiger partial charge >= 0.3 is 0 Å². The van der Waals surface area contributed by atoms with Crippen LogP contribution in [-0.4, -0.2) is 11.0 Å². The maximum atomic E-state index is 12.7. The van der Waals surface area contributed by atoms with Gasteiger partial charge in [0.05, 0.1) is 0 Å². The van der Waals surface area contributed by atoms with Crippen LogP contribution < -0.4 is 10.7 Å². The molecular formula is C14H12FNO4. The molecule has 2 N–H and O–H groups in total. The molecule has 5 nitrogen and oxygen atoms in total. The summed E-state index contributed by atoms with van der Waals surface area (Å²) in [4.78, 5) is 23.2. The molecule has 0 spiro atoms.